The smallest absolute Gasteiger partial charge is 0.336 e. The number of nitrogens with one attached hydrogen (secondary N) is 1. The van der Waals surface area contributed by atoms with Gasteiger partial charge in [0, 0.05) is 13.2 Å². The minimum Gasteiger partial charge on any atom is -0.480 e. The lowest BCUT2D eigenvalue weighted by Crippen LogP contribution is -2.49. The number of unbranched alkanes of at least 4 members (excludes halogenated alkanes) is 2. The molecule has 0 radical (unpaired) electrons. The van der Waals surface area contributed by atoms with E-state index in [2.05, 4.69) is 66.0 Å². The third-order valence-electron chi connectivity index (χ3n) is 7.14. The molecule has 0 aliphatic rings. The number of aryl methyl sites for hydroxylation is 2. The van der Waals surface area contributed by atoms with Crippen LogP contribution in [0.5, 0.6) is 0 Å². The summed E-state index contributed by atoms with van der Waals surface area (Å²) < 4.78 is 10.8. The topological polar surface area (TPSA) is 122 Å². The highest BCUT2D eigenvalue weighted by molar-refractivity contribution is 5.88. The molecule has 0 spiro atoms. The Hall–Kier alpha value is -4.27. The average Bonchev–Trinajstić information content (AvgIpc) is 2.99. The van der Waals surface area contributed by atoms with Gasteiger partial charge in [-0.2, -0.15) is 0 Å². The maximum Gasteiger partial charge on any atom is 0.336 e. The van der Waals surface area contributed by atoms with Crippen LogP contribution >= 0.6 is 0 Å². The first-order valence-corrected chi connectivity index (χ1v) is 14.3. The molecule has 0 bridgehead atoms. The molecule has 8 heteroatoms. The largest absolute Gasteiger partial charge is 0.480 e. The number of aliphatic carboxylic acids is 2. The highest BCUT2D eigenvalue weighted by Gasteiger charge is 2.36. The first kappa shape index (κ1) is 30.7. The zero-order chi connectivity index (χ0) is 29.7. The lowest BCUT2D eigenvalue weighted by Gasteiger charge is -2.23. The molecule has 0 aliphatic carbocycles. The quantitative estimate of drug-likeness (QED) is 0.145. The Bertz CT molecular complexity index is 1500. The lowest BCUT2D eigenvalue weighted by atomic mass is 10.0. The van der Waals surface area contributed by atoms with E-state index in [1.165, 1.54) is 16.3 Å². The number of rotatable bonds is 17. The molecule has 220 valence electrons. The minimum absolute atomic E-state index is 0.146. The molecule has 0 fully saturated rings. The fourth-order valence-electron chi connectivity index (χ4n) is 4.96. The van der Waals surface area contributed by atoms with Crippen molar-refractivity contribution in [3.05, 3.63) is 96.1 Å². The van der Waals surface area contributed by atoms with Crippen molar-refractivity contribution < 1.29 is 34.1 Å². The number of benzene rings is 4. The molecule has 4 aromatic carbocycles. The Morgan fingerprint density at radius 2 is 1.21 bits per heavy atom. The maximum absolute atomic E-state index is 13.0. The van der Waals surface area contributed by atoms with Crippen LogP contribution < -0.4 is 5.32 Å². The number of carbonyl (C=O) groups is 3. The van der Waals surface area contributed by atoms with Gasteiger partial charge in [0.1, 0.15) is 6.61 Å². The van der Waals surface area contributed by atoms with Gasteiger partial charge < -0.3 is 25.0 Å². The molecule has 0 saturated heterocycles. The van der Waals surface area contributed by atoms with Gasteiger partial charge in [-0.1, -0.05) is 91.3 Å². The van der Waals surface area contributed by atoms with E-state index in [9.17, 15) is 19.5 Å². The van der Waals surface area contributed by atoms with Gasteiger partial charge in [-0.25, -0.2) is 9.59 Å². The van der Waals surface area contributed by atoms with Crippen LogP contribution in [0.25, 0.3) is 21.5 Å². The molecule has 1 amide bonds. The predicted octanol–water partition coefficient (Wildman–Crippen LogP) is 5.39. The number of fused-ring (bicyclic) bond motifs is 2. The van der Waals surface area contributed by atoms with E-state index in [4.69, 9.17) is 14.6 Å². The zero-order valence-electron chi connectivity index (χ0n) is 23.5. The monoisotopic (exact) mass is 571 g/mol. The molecular weight excluding hydrogens is 534 g/mol. The van der Waals surface area contributed by atoms with Crippen LogP contribution in [0.2, 0.25) is 0 Å². The third kappa shape index (κ3) is 9.12. The number of hydrogen-bond acceptors (Lipinski definition) is 5. The van der Waals surface area contributed by atoms with Crippen LogP contribution in [0.1, 0.15) is 36.8 Å². The van der Waals surface area contributed by atoms with Gasteiger partial charge in [-0.3, -0.25) is 4.79 Å². The number of carbonyl (C=O) groups excluding carboxylic acids is 1. The van der Waals surface area contributed by atoms with Crippen LogP contribution in [-0.2, 0) is 36.7 Å². The highest BCUT2D eigenvalue weighted by Crippen LogP contribution is 2.18. The summed E-state index contributed by atoms with van der Waals surface area (Å²) in [5.74, 6) is -3.42. The first-order valence-electron chi connectivity index (χ1n) is 14.3. The van der Waals surface area contributed by atoms with Gasteiger partial charge in [-0.05, 0) is 64.8 Å². The van der Waals surface area contributed by atoms with Crippen molar-refractivity contribution in [1.82, 2.24) is 5.32 Å². The predicted molar refractivity (Wildman–Crippen MR) is 162 cm³/mol. The van der Waals surface area contributed by atoms with Crippen LogP contribution in [0.15, 0.2) is 84.9 Å². The molecule has 0 aromatic heterocycles. The minimum atomic E-state index is -1.74. The molecule has 8 nitrogen and oxygen atoms in total. The van der Waals surface area contributed by atoms with Gasteiger partial charge in [0.05, 0.1) is 0 Å². The summed E-state index contributed by atoms with van der Waals surface area (Å²) >= 11 is 0. The van der Waals surface area contributed by atoms with Crippen molar-refractivity contribution in [2.75, 3.05) is 19.8 Å². The summed E-state index contributed by atoms with van der Waals surface area (Å²) in [6, 6.07) is 28.9. The standard InChI is InChI=1S/C34H37NO7/c36-30(37)23-42-32(34(39)40)31(33(38)35-19-8-10-25-16-18-27-12-4-6-14-29(27)22-25)41-20-7-1-2-9-24-15-17-26-11-3-5-13-28(26)21-24/h3-6,11-18,21-22,31-32H,1-2,7-10,19-20,23H2,(H,35,38)(H,36,37)(H,39,40). The van der Waals surface area contributed by atoms with Gasteiger partial charge in [0.25, 0.3) is 5.91 Å². The number of carboxylic acid groups (broad SMARTS) is 2. The van der Waals surface area contributed by atoms with E-state index in [0.717, 1.165) is 42.0 Å². The van der Waals surface area contributed by atoms with E-state index >= 15 is 0 Å². The summed E-state index contributed by atoms with van der Waals surface area (Å²) in [4.78, 5) is 35.9. The molecule has 4 aromatic rings. The van der Waals surface area contributed by atoms with E-state index < -0.39 is 36.7 Å². The van der Waals surface area contributed by atoms with Gasteiger partial charge >= 0.3 is 11.9 Å². The van der Waals surface area contributed by atoms with Crippen LogP contribution in [-0.4, -0.2) is 60.0 Å². The highest BCUT2D eigenvalue weighted by atomic mass is 16.6. The van der Waals surface area contributed by atoms with E-state index in [-0.39, 0.29) is 6.61 Å². The van der Waals surface area contributed by atoms with Crippen LogP contribution in [0, 0.1) is 0 Å². The Labute approximate surface area is 245 Å². The molecular formula is C34H37NO7. The number of hydrogen-bond donors (Lipinski definition) is 3. The third-order valence-corrected chi connectivity index (χ3v) is 7.14. The molecule has 4 rings (SSSR count). The van der Waals surface area contributed by atoms with Crippen molar-refractivity contribution >= 4 is 39.4 Å². The summed E-state index contributed by atoms with van der Waals surface area (Å²) in [5.41, 5.74) is 2.37. The van der Waals surface area contributed by atoms with Crippen molar-refractivity contribution in [2.24, 2.45) is 0 Å². The SMILES string of the molecule is O=C(O)COC(C(=O)O)C(OCCCCCc1ccc2ccccc2c1)C(=O)NCCCc1ccc2ccccc2c1. The van der Waals surface area contributed by atoms with Crippen LogP contribution in [0.4, 0.5) is 0 Å². The van der Waals surface area contributed by atoms with Gasteiger partial charge in [0.2, 0.25) is 0 Å². The fourth-order valence-corrected chi connectivity index (χ4v) is 4.96. The van der Waals surface area contributed by atoms with E-state index in [1.54, 1.807) is 0 Å². The Morgan fingerprint density at radius 3 is 1.79 bits per heavy atom. The summed E-state index contributed by atoms with van der Waals surface area (Å²) in [6.45, 7) is -0.395. The maximum atomic E-state index is 13.0. The van der Waals surface area contributed by atoms with Crippen molar-refractivity contribution in [3.63, 3.8) is 0 Å². The van der Waals surface area contributed by atoms with E-state index in [1.807, 2.05) is 24.3 Å². The molecule has 2 atom stereocenters. The van der Waals surface area contributed by atoms with Crippen LogP contribution in [0.3, 0.4) is 0 Å². The second kappa shape index (κ2) is 15.7. The second-order valence-corrected chi connectivity index (χ2v) is 10.3. The van der Waals surface area contributed by atoms with Crippen molar-refractivity contribution in [2.45, 2.75) is 50.7 Å². The molecule has 0 heterocycles. The Morgan fingerprint density at radius 1 is 0.643 bits per heavy atom. The van der Waals surface area contributed by atoms with Crippen molar-refractivity contribution in [3.8, 4) is 0 Å². The molecule has 0 aliphatic heterocycles. The van der Waals surface area contributed by atoms with E-state index in [0.29, 0.717) is 19.4 Å². The first-order chi connectivity index (χ1) is 20.4. The number of amides is 1. The Balaban J connectivity index is 1.26. The van der Waals surface area contributed by atoms with Gasteiger partial charge in [0.15, 0.2) is 12.2 Å². The second-order valence-electron chi connectivity index (χ2n) is 10.3. The number of carboxylic acids is 2. The Kier molecular flexibility index (Phi) is 11.4. The summed E-state index contributed by atoms with van der Waals surface area (Å²) in [7, 11) is 0. The normalized spacial score (nSPS) is 12.7. The summed E-state index contributed by atoms with van der Waals surface area (Å²) in [6.07, 6.45) is 1.40. The van der Waals surface area contributed by atoms with Gasteiger partial charge in [-0.15, -0.1) is 0 Å². The lowest BCUT2D eigenvalue weighted by molar-refractivity contribution is -0.172. The molecule has 2 unspecified atom stereocenters. The fraction of sp³-hybridized carbons (Fsp3) is 0.324. The van der Waals surface area contributed by atoms with Crippen molar-refractivity contribution in [1.29, 1.82) is 0 Å². The molecule has 3 N–H and O–H groups in total. The molecule has 0 saturated carbocycles. The number of ether oxygens (including phenoxy) is 2. The summed E-state index contributed by atoms with van der Waals surface area (Å²) in [5, 5.41) is 26.1. The average molecular weight is 572 g/mol. The zero-order valence-corrected chi connectivity index (χ0v) is 23.5. The molecule has 42 heavy (non-hydrogen) atoms.